The zero-order valence-electron chi connectivity index (χ0n) is 10.5. The lowest BCUT2D eigenvalue weighted by Gasteiger charge is -2.23. The van der Waals surface area contributed by atoms with Crippen molar-refractivity contribution in [3.63, 3.8) is 0 Å². The van der Waals surface area contributed by atoms with E-state index in [-0.39, 0.29) is 11.6 Å². The first-order chi connectivity index (χ1) is 8.61. The van der Waals surface area contributed by atoms with Gasteiger partial charge in [0.1, 0.15) is 0 Å². The molecule has 1 atom stereocenters. The van der Waals surface area contributed by atoms with E-state index in [4.69, 9.17) is 10.5 Å². The van der Waals surface area contributed by atoms with Crippen LogP contribution in [0.25, 0.3) is 0 Å². The Kier molecular flexibility index (Phi) is 3.84. The molecule has 5 heteroatoms. The van der Waals surface area contributed by atoms with Crippen molar-refractivity contribution >= 4 is 11.7 Å². The predicted octanol–water partition coefficient (Wildman–Crippen LogP) is 1.45. The molecule has 1 aliphatic heterocycles. The molecule has 1 aromatic rings. The lowest BCUT2D eigenvalue weighted by atomic mass is 10.0. The Hall–Kier alpha value is -1.59. The second kappa shape index (κ2) is 5.37. The van der Waals surface area contributed by atoms with E-state index >= 15 is 0 Å². The van der Waals surface area contributed by atoms with Crippen LogP contribution in [0.2, 0.25) is 0 Å². The normalized spacial score (nSPS) is 22.8. The van der Waals surface area contributed by atoms with Crippen molar-refractivity contribution in [2.45, 2.75) is 25.4 Å². The maximum absolute atomic E-state index is 11.9. The highest BCUT2D eigenvalue weighted by molar-refractivity contribution is 5.89. The number of nitrogens with two attached hydrogens (primary N) is 1. The zero-order chi connectivity index (χ0) is 13.0. The number of rotatable bonds is 3. The van der Waals surface area contributed by atoms with E-state index in [1.807, 2.05) is 31.2 Å². The average Bonchev–Trinajstić information content (AvgIpc) is 2.75. The van der Waals surface area contributed by atoms with E-state index in [1.165, 1.54) is 0 Å². The number of nitrogens with one attached hydrogen (secondary N) is 2. The first kappa shape index (κ1) is 12.9. The highest BCUT2D eigenvalue weighted by Gasteiger charge is 2.31. The van der Waals surface area contributed by atoms with Gasteiger partial charge in [-0.1, -0.05) is 12.1 Å². The van der Waals surface area contributed by atoms with Crippen molar-refractivity contribution in [1.82, 2.24) is 5.32 Å². The number of hydrogen-bond acceptors (Lipinski definition) is 3. The van der Waals surface area contributed by atoms with E-state index in [0.717, 1.165) is 17.7 Å². The standard InChI is InChI=1S/C13H19N3O2/c1-13(5-6-18-9-13)16-12(17)15-11-4-2-3-10(7-11)8-14/h2-4,7H,5-6,8-9,14H2,1H3,(H2,15,16,17). The topological polar surface area (TPSA) is 76.4 Å². The van der Waals surface area contributed by atoms with Crippen molar-refractivity contribution in [2.75, 3.05) is 18.5 Å². The van der Waals surface area contributed by atoms with Gasteiger partial charge in [0.2, 0.25) is 0 Å². The van der Waals surface area contributed by atoms with Crippen LogP contribution in [0.1, 0.15) is 18.9 Å². The summed E-state index contributed by atoms with van der Waals surface area (Å²) in [6, 6.07) is 7.30. The molecule has 0 spiro atoms. The third-order valence-electron chi connectivity index (χ3n) is 3.05. The van der Waals surface area contributed by atoms with Gasteiger partial charge in [0, 0.05) is 18.8 Å². The molecule has 18 heavy (non-hydrogen) atoms. The second-order valence-electron chi connectivity index (χ2n) is 4.85. The second-order valence-corrected chi connectivity index (χ2v) is 4.85. The van der Waals surface area contributed by atoms with Crippen molar-refractivity contribution in [2.24, 2.45) is 5.73 Å². The number of anilines is 1. The summed E-state index contributed by atoms with van der Waals surface area (Å²) < 4.78 is 5.29. The Labute approximate surface area is 107 Å². The smallest absolute Gasteiger partial charge is 0.319 e. The minimum atomic E-state index is -0.268. The van der Waals surface area contributed by atoms with Gasteiger partial charge in [0.25, 0.3) is 0 Å². The number of hydrogen-bond donors (Lipinski definition) is 3. The first-order valence-electron chi connectivity index (χ1n) is 6.07. The molecule has 0 aromatic heterocycles. The van der Waals surface area contributed by atoms with Crippen LogP contribution in [0.3, 0.4) is 0 Å². The van der Waals surface area contributed by atoms with Crippen LogP contribution in [0.4, 0.5) is 10.5 Å². The summed E-state index contributed by atoms with van der Waals surface area (Å²) in [5, 5.41) is 5.74. The van der Waals surface area contributed by atoms with Gasteiger partial charge in [-0.3, -0.25) is 0 Å². The first-order valence-corrected chi connectivity index (χ1v) is 6.07. The highest BCUT2D eigenvalue weighted by Crippen LogP contribution is 2.18. The summed E-state index contributed by atoms with van der Waals surface area (Å²) in [4.78, 5) is 11.9. The number of benzene rings is 1. The lowest BCUT2D eigenvalue weighted by Crippen LogP contribution is -2.48. The Bertz CT molecular complexity index is 428. The van der Waals surface area contributed by atoms with Crippen LogP contribution in [0.5, 0.6) is 0 Å². The fraction of sp³-hybridized carbons (Fsp3) is 0.462. The molecule has 5 nitrogen and oxygen atoms in total. The summed E-state index contributed by atoms with van der Waals surface area (Å²) in [6.45, 7) is 3.70. The molecule has 2 amide bonds. The molecule has 1 fully saturated rings. The van der Waals surface area contributed by atoms with Crippen molar-refractivity contribution in [3.05, 3.63) is 29.8 Å². The molecule has 98 valence electrons. The molecular formula is C13H19N3O2. The Morgan fingerprint density at radius 2 is 2.39 bits per heavy atom. The van der Waals surface area contributed by atoms with Gasteiger partial charge in [0.05, 0.1) is 12.1 Å². The van der Waals surface area contributed by atoms with Gasteiger partial charge in [-0.25, -0.2) is 4.79 Å². The fourth-order valence-electron chi connectivity index (χ4n) is 1.98. The molecular weight excluding hydrogens is 230 g/mol. The summed E-state index contributed by atoms with van der Waals surface area (Å²) in [5.74, 6) is 0. The van der Waals surface area contributed by atoms with Gasteiger partial charge >= 0.3 is 6.03 Å². The van der Waals surface area contributed by atoms with Gasteiger partial charge in [-0.2, -0.15) is 0 Å². The van der Waals surface area contributed by atoms with Crippen molar-refractivity contribution in [1.29, 1.82) is 0 Å². The Morgan fingerprint density at radius 3 is 3.06 bits per heavy atom. The quantitative estimate of drug-likeness (QED) is 0.758. The summed E-state index contributed by atoms with van der Waals surface area (Å²) in [7, 11) is 0. The maximum Gasteiger partial charge on any atom is 0.319 e. The molecule has 0 bridgehead atoms. The summed E-state index contributed by atoms with van der Waals surface area (Å²) in [5.41, 5.74) is 7.03. The maximum atomic E-state index is 11.9. The van der Waals surface area contributed by atoms with Crippen LogP contribution in [-0.4, -0.2) is 24.8 Å². The molecule has 1 aromatic carbocycles. The third kappa shape index (κ3) is 3.21. The summed E-state index contributed by atoms with van der Waals surface area (Å²) in [6.07, 6.45) is 0.837. The molecule has 1 aliphatic rings. The largest absolute Gasteiger partial charge is 0.379 e. The van der Waals surface area contributed by atoms with E-state index in [9.17, 15) is 4.79 Å². The van der Waals surface area contributed by atoms with Gasteiger partial charge in [0.15, 0.2) is 0 Å². The number of amides is 2. The van der Waals surface area contributed by atoms with Crippen molar-refractivity contribution < 1.29 is 9.53 Å². The minimum Gasteiger partial charge on any atom is -0.379 e. The highest BCUT2D eigenvalue weighted by atomic mass is 16.5. The Morgan fingerprint density at radius 1 is 1.56 bits per heavy atom. The lowest BCUT2D eigenvalue weighted by molar-refractivity contribution is 0.172. The van der Waals surface area contributed by atoms with Gasteiger partial charge in [-0.05, 0) is 31.0 Å². The summed E-state index contributed by atoms with van der Waals surface area (Å²) >= 11 is 0. The molecule has 1 unspecified atom stereocenters. The van der Waals surface area contributed by atoms with Gasteiger partial charge < -0.3 is 21.1 Å². The number of ether oxygens (including phenoxy) is 1. The SMILES string of the molecule is CC1(NC(=O)Nc2cccc(CN)c2)CCOC1. The molecule has 0 aliphatic carbocycles. The molecule has 1 saturated heterocycles. The van der Waals surface area contributed by atoms with Crippen LogP contribution < -0.4 is 16.4 Å². The fourth-order valence-corrected chi connectivity index (χ4v) is 1.98. The third-order valence-corrected chi connectivity index (χ3v) is 3.05. The molecule has 4 N–H and O–H groups in total. The van der Waals surface area contributed by atoms with Crippen LogP contribution in [0.15, 0.2) is 24.3 Å². The molecule has 1 heterocycles. The van der Waals surface area contributed by atoms with Crippen LogP contribution in [0, 0.1) is 0 Å². The average molecular weight is 249 g/mol. The van der Waals surface area contributed by atoms with E-state index in [2.05, 4.69) is 10.6 Å². The zero-order valence-corrected chi connectivity index (χ0v) is 10.5. The van der Waals surface area contributed by atoms with E-state index < -0.39 is 0 Å². The number of carbonyl (C=O) groups excluding carboxylic acids is 1. The monoisotopic (exact) mass is 249 g/mol. The number of urea groups is 1. The molecule has 0 saturated carbocycles. The number of carbonyl (C=O) groups is 1. The van der Waals surface area contributed by atoms with Gasteiger partial charge in [-0.15, -0.1) is 0 Å². The van der Waals surface area contributed by atoms with E-state index in [0.29, 0.717) is 19.8 Å². The van der Waals surface area contributed by atoms with E-state index in [1.54, 1.807) is 0 Å². The molecule has 2 rings (SSSR count). The predicted molar refractivity (Wildman–Crippen MR) is 70.3 cm³/mol. The minimum absolute atomic E-state index is 0.211. The van der Waals surface area contributed by atoms with Crippen LogP contribution in [-0.2, 0) is 11.3 Å². The molecule has 0 radical (unpaired) electrons. The van der Waals surface area contributed by atoms with Crippen molar-refractivity contribution in [3.8, 4) is 0 Å². The van der Waals surface area contributed by atoms with Crippen LogP contribution >= 0.6 is 0 Å². The Balaban J connectivity index is 1.94.